The minimum Gasteiger partial charge on any atom is -0.477 e. The molecule has 18 heavy (non-hydrogen) atoms. The van der Waals surface area contributed by atoms with E-state index in [1.165, 1.54) is 23.0 Å². The number of halogens is 1. The van der Waals surface area contributed by atoms with Crippen molar-refractivity contribution in [2.24, 2.45) is 0 Å². The molecule has 0 saturated carbocycles. The maximum absolute atomic E-state index is 11.2. The van der Waals surface area contributed by atoms with E-state index in [1.54, 1.807) is 12.1 Å². The minimum absolute atomic E-state index is 0.0294. The first-order chi connectivity index (χ1) is 8.66. The Bertz CT molecular complexity index is 733. The predicted octanol–water partition coefficient (Wildman–Crippen LogP) is 2.34. The molecular formula is C11H6ClN3O3. The second-order valence-corrected chi connectivity index (χ2v) is 3.94. The highest BCUT2D eigenvalue weighted by Gasteiger charge is 2.16. The van der Waals surface area contributed by atoms with Crippen LogP contribution >= 0.6 is 11.6 Å². The maximum Gasteiger partial charge on any atom is 0.354 e. The largest absolute Gasteiger partial charge is 0.477 e. The normalized spacial score (nSPS) is 10.9. The molecule has 0 bridgehead atoms. The van der Waals surface area contributed by atoms with Crippen LogP contribution in [0.25, 0.3) is 17.1 Å². The molecule has 3 rings (SSSR count). The van der Waals surface area contributed by atoms with Gasteiger partial charge in [0.25, 0.3) is 0 Å². The molecule has 3 aromatic rings. The fourth-order valence-corrected chi connectivity index (χ4v) is 1.80. The SMILES string of the molecule is O=C(O)c1cc(-c2ccco2)nc2c(Cl)cnn12. The lowest BCUT2D eigenvalue weighted by molar-refractivity contribution is 0.0687. The van der Waals surface area contributed by atoms with Crippen molar-refractivity contribution in [1.29, 1.82) is 0 Å². The molecule has 0 unspecified atom stereocenters. The summed E-state index contributed by atoms with van der Waals surface area (Å²) in [4.78, 5) is 15.4. The third-order valence-electron chi connectivity index (χ3n) is 2.42. The molecule has 0 saturated heterocycles. The molecule has 0 aromatic carbocycles. The smallest absolute Gasteiger partial charge is 0.354 e. The van der Waals surface area contributed by atoms with Gasteiger partial charge in [-0.2, -0.15) is 5.10 Å². The van der Waals surface area contributed by atoms with Gasteiger partial charge in [0, 0.05) is 6.07 Å². The van der Waals surface area contributed by atoms with E-state index >= 15 is 0 Å². The third-order valence-corrected chi connectivity index (χ3v) is 2.69. The molecule has 0 aliphatic rings. The molecule has 0 radical (unpaired) electrons. The molecule has 90 valence electrons. The van der Waals surface area contributed by atoms with Crippen LogP contribution in [0.1, 0.15) is 10.5 Å². The zero-order valence-corrected chi connectivity index (χ0v) is 9.63. The van der Waals surface area contributed by atoms with Crippen molar-refractivity contribution < 1.29 is 14.3 Å². The molecule has 0 amide bonds. The molecule has 3 heterocycles. The fraction of sp³-hybridized carbons (Fsp3) is 0. The molecule has 0 fully saturated rings. The van der Waals surface area contributed by atoms with Crippen molar-refractivity contribution in [3.05, 3.63) is 41.4 Å². The Morgan fingerprint density at radius 3 is 3.00 bits per heavy atom. The maximum atomic E-state index is 11.2. The Hall–Kier alpha value is -2.34. The van der Waals surface area contributed by atoms with Gasteiger partial charge in [-0.05, 0) is 12.1 Å². The summed E-state index contributed by atoms with van der Waals surface area (Å²) in [7, 11) is 0. The van der Waals surface area contributed by atoms with E-state index in [4.69, 9.17) is 21.1 Å². The number of hydrogen-bond acceptors (Lipinski definition) is 4. The quantitative estimate of drug-likeness (QED) is 0.767. The van der Waals surface area contributed by atoms with Crippen molar-refractivity contribution in [3.8, 4) is 11.5 Å². The summed E-state index contributed by atoms with van der Waals surface area (Å²) in [5.41, 5.74) is 0.647. The van der Waals surface area contributed by atoms with Gasteiger partial charge in [-0.1, -0.05) is 11.6 Å². The van der Waals surface area contributed by atoms with E-state index in [0.29, 0.717) is 11.5 Å². The lowest BCUT2D eigenvalue weighted by Crippen LogP contribution is -2.08. The molecule has 0 spiro atoms. The zero-order chi connectivity index (χ0) is 12.7. The minimum atomic E-state index is -1.12. The van der Waals surface area contributed by atoms with Gasteiger partial charge < -0.3 is 9.52 Å². The van der Waals surface area contributed by atoms with E-state index in [9.17, 15) is 4.79 Å². The number of furan rings is 1. The van der Waals surface area contributed by atoms with E-state index < -0.39 is 5.97 Å². The number of fused-ring (bicyclic) bond motifs is 1. The molecule has 7 heteroatoms. The average Bonchev–Trinajstić information content (AvgIpc) is 2.98. The summed E-state index contributed by atoms with van der Waals surface area (Å²) in [5.74, 6) is -0.646. The Morgan fingerprint density at radius 1 is 1.50 bits per heavy atom. The Balaban J connectivity index is 2.35. The van der Waals surface area contributed by atoms with Gasteiger partial charge in [-0.15, -0.1) is 0 Å². The number of carboxylic acid groups (broad SMARTS) is 1. The molecular weight excluding hydrogens is 258 g/mol. The van der Waals surface area contributed by atoms with Crippen LogP contribution in [-0.2, 0) is 0 Å². The first-order valence-electron chi connectivity index (χ1n) is 4.98. The zero-order valence-electron chi connectivity index (χ0n) is 8.87. The van der Waals surface area contributed by atoms with Crippen LogP contribution in [-0.4, -0.2) is 25.7 Å². The van der Waals surface area contributed by atoms with Gasteiger partial charge in [0.1, 0.15) is 10.7 Å². The lowest BCUT2D eigenvalue weighted by Gasteiger charge is -2.02. The lowest BCUT2D eigenvalue weighted by atomic mass is 10.2. The van der Waals surface area contributed by atoms with Crippen LogP contribution < -0.4 is 0 Å². The van der Waals surface area contributed by atoms with Gasteiger partial charge in [-0.25, -0.2) is 14.3 Å². The second-order valence-electron chi connectivity index (χ2n) is 3.54. The summed E-state index contributed by atoms with van der Waals surface area (Å²) < 4.78 is 6.37. The number of rotatable bonds is 2. The van der Waals surface area contributed by atoms with Gasteiger partial charge in [0.2, 0.25) is 0 Å². The standard InChI is InChI=1S/C11H6ClN3O3/c12-6-5-13-15-8(11(16)17)4-7(14-10(6)15)9-2-1-3-18-9/h1-5H,(H,16,17). The summed E-state index contributed by atoms with van der Waals surface area (Å²) in [6.45, 7) is 0. The molecule has 0 aliphatic heterocycles. The first kappa shape index (κ1) is 10.8. The van der Waals surface area contributed by atoms with Crippen LogP contribution in [0.5, 0.6) is 0 Å². The highest BCUT2D eigenvalue weighted by atomic mass is 35.5. The topological polar surface area (TPSA) is 80.6 Å². The van der Waals surface area contributed by atoms with E-state index in [0.717, 1.165) is 0 Å². The van der Waals surface area contributed by atoms with Gasteiger partial charge in [0.15, 0.2) is 17.1 Å². The van der Waals surface area contributed by atoms with E-state index in [1.807, 2.05) is 0 Å². The fourth-order valence-electron chi connectivity index (χ4n) is 1.64. The Labute approximate surface area is 105 Å². The molecule has 0 aliphatic carbocycles. The number of aromatic carboxylic acids is 1. The van der Waals surface area contributed by atoms with Crippen molar-refractivity contribution >= 4 is 23.2 Å². The summed E-state index contributed by atoms with van der Waals surface area (Å²) >= 11 is 5.91. The highest BCUT2D eigenvalue weighted by Crippen LogP contribution is 2.23. The first-order valence-corrected chi connectivity index (χ1v) is 5.36. The summed E-state index contributed by atoms with van der Waals surface area (Å²) in [5, 5.41) is 13.3. The molecule has 0 atom stereocenters. The Morgan fingerprint density at radius 2 is 2.33 bits per heavy atom. The van der Waals surface area contributed by atoms with Gasteiger partial charge >= 0.3 is 5.97 Å². The van der Waals surface area contributed by atoms with Crippen LogP contribution in [0, 0.1) is 0 Å². The molecule has 1 N–H and O–H groups in total. The Kier molecular flexibility index (Phi) is 2.31. The van der Waals surface area contributed by atoms with Crippen LogP contribution in [0.4, 0.5) is 0 Å². The monoisotopic (exact) mass is 263 g/mol. The van der Waals surface area contributed by atoms with Crippen molar-refractivity contribution in [3.63, 3.8) is 0 Å². The summed E-state index contributed by atoms with van der Waals surface area (Å²) in [6.07, 6.45) is 2.84. The average molecular weight is 264 g/mol. The highest BCUT2D eigenvalue weighted by molar-refractivity contribution is 6.33. The predicted molar refractivity (Wildman–Crippen MR) is 62.7 cm³/mol. The van der Waals surface area contributed by atoms with Crippen LogP contribution in [0.2, 0.25) is 5.02 Å². The number of nitrogens with zero attached hydrogens (tertiary/aromatic N) is 3. The number of carbonyl (C=O) groups is 1. The van der Waals surface area contributed by atoms with Gasteiger partial charge in [-0.3, -0.25) is 0 Å². The van der Waals surface area contributed by atoms with E-state index in [-0.39, 0.29) is 16.4 Å². The molecule has 6 nitrogen and oxygen atoms in total. The van der Waals surface area contributed by atoms with Crippen LogP contribution in [0.15, 0.2) is 35.1 Å². The number of carboxylic acids is 1. The third kappa shape index (κ3) is 1.54. The number of hydrogen-bond donors (Lipinski definition) is 1. The van der Waals surface area contributed by atoms with Crippen LogP contribution in [0.3, 0.4) is 0 Å². The van der Waals surface area contributed by atoms with Crippen molar-refractivity contribution in [2.45, 2.75) is 0 Å². The number of aromatic nitrogens is 3. The second kappa shape index (κ2) is 3.85. The summed E-state index contributed by atoms with van der Waals surface area (Å²) in [6, 6.07) is 4.77. The van der Waals surface area contributed by atoms with Crippen molar-refractivity contribution in [2.75, 3.05) is 0 Å². The van der Waals surface area contributed by atoms with Gasteiger partial charge in [0.05, 0.1) is 12.5 Å². The molecule has 3 aromatic heterocycles. The van der Waals surface area contributed by atoms with E-state index in [2.05, 4.69) is 10.1 Å². The van der Waals surface area contributed by atoms with Crippen molar-refractivity contribution in [1.82, 2.24) is 14.6 Å².